The molecule has 0 amide bonds. The van der Waals surface area contributed by atoms with Crippen molar-refractivity contribution in [1.29, 1.82) is 0 Å². The van der Waals surface area contributed by atoms with Crippen LogP contribution in [0, 0.1) is 13.8 Å². The predicted molar refractivity (Wildman–Crippen MR) is 166 cm³/mol. The summed E-state index contributed by atoms with van der Waals surface area (Å²) in [6.07, 6.45) is 5.16. The van der Waals surface area contributed by atoms with Gasteiger partial charge in [-0.2, -0.15) is 0 Å². The summed E-state index contributed by atoms with van der Waals surface area (Å²) in [5, 5.41) is 11.5. The molecule has 0 aliphatic carbocycles. The molecule has 1 aromatic heterocycles. The Morgan fingerprint density at radius 1 is 0.825 bits per heavy atom. The maximum atomic E-state index is 10.4. The minimum atomic E-state index is 0.286. The zero-order chi connectivity index (χ0) is 27.6. The fraction of sp³-hybridized carbons (Fsp3) is 0.412. The van der Waals surface area contributed by atoms with Crippen LogP contribution in [0.5, 0.6) is 17.2 Å². The molecule has 6 heteroatoms. The molecule has 2 aliphatic rings. The standard InChI is InChI=1S/C34H40N2O3S/c1-23-24(2)28(11-8-25(23)22-36-16-6-7-17-36)33-29-12-9-26(37)20-32(29)40-34(33)30-21-27(38-3)10-13-31(30)39-19-18-35-14-4-5-15-35/h8-13,20-21,37H,4-7,14-19,22H2,1-3H3. The second kappa shape index (κ2) is 11.8. The van der Waals surface area contributed by atoms with E-state index in [4.69, 9.17) is 9.47 Å². The molecule has 40 heavy (non-hydrogen) atoms. The highest BCUT2D eigenvalue weighted by Crippen LogP contribution is 2.50. The largest absolute Gasteiger partial charge is 0.508 e. The van der Waals surface area contributed by atoms with Crippen molar-refractivity contribution < 1.29 is 14.6 Å². The summed E-state index contributed by atoms with van der Waals surface area (Å²) in [5.74, 6) is 1.97. The number of fused-ring (bicyclic) bond motifs is 1. The summed E-state index contributed by atoms with van der Waals surface area (Å²) in [5.41, 5.74) is 7.56. The van der Waals surface area contributed by atoms with Crippen LogP contribution in [0.1, 0.15) is 42.4 Å². The van der Waals surface area contributed by atoms with Crippen molar-refractivity contribution in [3.8, 4) is 38.8 Å². The summed E-state index contributed by atoms with van der Waals surface area (Å²) in [6.45, 7) is 11.8. The minimum Gasteiger partial charge on any atom is -0.508 e. The van der Waals surface area contributed by atoms with Crippen LogP contribution in [0.3, 0.4) is 0 Å². The molecular formula is C34H40N2O3S. The van der Waals surface area contributed by atoms with Gasteiger partial charge in [0.25, 0.3) is 0 Å². The normalized spacial score (nSPS) is 16.3. The molecule has 0 saturated carbocycles. The second-order valence-corrected chi connectivity index (χ2v) is 12.3. The molecule has 210 valence electrons. The maximum absolute atomic E-state index is 10.4. The van der Waals surface area contributed by atoms with Crippen LogP contribution in [0.15, 0.2) is 48.5 Å². The highest BCUT2D eigenvalue weighted by atomic mass is 32.1. The zero-order valence-electron chi connectivity index (χ0n) is 24.0. The molecule has 2 fully saturated rings. The molecule has 4 aromatic rings. The zero-order valence-corrected chi connectivity index (χ0v) is 24.8. The number of ether oxygens (including phenoxy) is 2. The Hall–Kier alpha value is -3.06. The van der Waals surface area contributed by atoms with Crippen molar-refractivity contribution in [1.82, 2.24) is 9.80 Å². The van der Waals surface area contributed by atoms with Crippen molar-refractivity contribution in [2.45, 2.75) is 46.1 Å². The topological polar surface area (TPSA) is 45.2 Å². The Morgan fingerprint density at radius 2 is 1.57 bits per heavy atom. The number of thiophene rings is 1. The monoisotopic (exact) mass is 556 g/mol. The lowest BCUT2D eigenvalue weighted by atomic mass is 9.90. The number of hydrogen-bond acceptors (Lipinski definition) is 6. The van der Waals surface area contributed by atoms with E-state index in [1.807, 2.05) is 18.2 Å². The van der Waals surface area contributed by atoms with Gasteiger partial charge in [0, 0.05) is 39.2 Å². The van der Waals surface area contributed by atoms with Crippen molar-refractivity contribution in [2.24, 2.45) is 0 Å². The third-order valence-electron chi connectivity index (χ3n) is 8.73. The van der Waals surface area contributed by atoms with Gasteiger partial charge in [-0.15, -0.1) is 11.3 Å². The average molecular weight is 557 g/mol. The van der Waals surface area contributed by atoms with Crippen molar-refractivity contribution in [3.05, 3.63) is 65.2 Å². The highest BCUT2D eigenvalue weighted by Gasteiger charge is 2.23. The molecule has 2 aliphatic heterocycles. The molecule has 5 nitrogen and oxygen atoms in total. The first-order chi connectivity index (χ1) is 19.5. The summed E-state index contributed by atoms with van der Waals surface area (Å²) < 4.78 is 13.2. The van der Waals surface area contributed by atoms with Gasteiger partial charge in [0.1, 0.15) is 23.9 Å². The number of nitrogens with zero attached hydrogens (tertiary/aromatic N) is 2. The van der Waals surface area contributed by atoms with Gasteiger partial charge in [0.05, 0.1) is 7.11 Å². The van der Waals surface area contributed by atoms with Crippen molar-refractivity contribution in [2.75, 3.05) is 46.4 Å². The molecule has 3 heterocycles. The summed E-state index contributed by atoms with van der Waals surface area (Å²) in [4.78, 5) is 6.19. The van der Waals surface area contributed by atoms with E-state index in [0.29, 0.717) is 6.61 Å². The first-order valence-corrected chi connectivity index (χ1v) is 15.4. The van der Waals surface area contributed by atoms with E-state index in [0.717, 1.165) is 58.2 Å². The SMILES string of the molecule is COc1ccc(OCCN2CCCC2)c(-c2sc3cc(O)ccc3c2-c2ccc(CN3CCCC3)c(C)c2C)c1. The quantitative estimate of drug-likeness (QED) is 0.230. The second-order valence-electron chi connectivity index (χ2n) is 11.3. The van der Waals surface area contributed by atoms with Gasteiger partial charge in [-0.3, -0.25) is 9.80 Å². The number of hydrogen-bond donors (Lipinski definition) is 1. The van der Waals surface area contributed by atoms with Crippen LogP contribution in [0.2, 0.25) is 0 Å². The van der Waals surface area contributed by atoms with Gasteiger partial charge >= 0.3 is 0 Å². The molecule has 0 spiro atoms. The Bertz CT molecular complexity index is 1500. The van der Waals surface area contributed by atoms with Gasteiger partial charge in [0.15, 0.2) is 0 Å². The summed E-state index contributed by atoms with van der Waals surface area (Å²) in [7, 11) is 1.71. The molecule has 0 atom stereocenters. The van der Waals surface area contributed by atoms with Crippen LogP contribution in [0.4, 0.5) is 0 Å². The molecule has 1 N–H and O–H groups in total. The predicted octanol–water partition coefficient (Wildman–Crippen LogP) is 7.64. The third-order valence-corrected chi connectivity index (χ3v) is 9.92. The van der Waals surface area contributed by atoms with Crippen LogP contribution in [-0.4, -0.2) is 61.3 Å². The summed E-state index contributed by atoms with van der Waals surface area (Å²) in [6, 6.07) is 16.5. The Labute approximate surface area is 242 Å². The van der Waals surface area contributed by atoms with Crippen LogP contribution in [0.25, 0.3) is 31.7 Å². The van der Waals surface area contributed by atoms with E-state index in [9.17, 15) is 5.11 Å². The number of phenolic OH excluding ortho intramolecular Hbond substituents is 1. The first-order valence-electron chi connectivity index (χ1n) is 14.6. The van der Waals surface area contributed by atoms with E-state index in [1.54, 1.807) is 24.5 Å². The van der Waals surface area contributed by atoms with Gasteiger partial charge in [0.2, 0.25) is 0 Å². The smallest absolute Gasteiger partial charge is 0.128 e. The van der Waals surface area contributed by atoms with Gasteiger partial charge < -0.3 is 14.6 Å². The van der Waals surface area contributed by atoms with Crippen LogP contribution in [-0.2, 0) is 6.54 Å². The maximum Gasteiger partial charge on any atom is 0.128 e. The van der Waals surface area contributed by atoms with E-state index < -0.39 is 0 Å². The molecular weight excluding hydrogens is 516 g/mol. The van der Waals surface area contributed by atoms with E-state index in [2.05, 4.69) is 47.9 Å². The van der Waals surface area contributed by atoms with Gasteiger partial charge in [-0.1, -0.05) is 12.1 Å². The van der Waals surface area contributed by atoms with E-state index in [1.165, 1.54) is 66.6 Å². The number of phenols is 1. The molecule has 0 radical (unpaired) electrons. The lowest BCUT2D eigenvalue weighted by molar-refractivity contribution is 0.238. The van der Waals surface area contributed by atoms with Gasteiger partial charge in [-0.05, 0) is 124 Å². The fourth-order valence-corrected chi connectivity index (χ4v) is 7.54. The van der Waals surface area contributed by atoms with Crippen molar-refractivity contribution >= 4 is 21.4 Å². The number of likely N-dealkylation sites (tertiary alicyclic amines) is 2. The highest BCUT2D eigenvalue weighted by molar-refractivity contribution is 7.23. The van der Waals surface area contributed by atoms with Crippen LogP contribution < -0.4 is 9.47 Å². The summed E-state index contributed by atoms with van der Waals surface area (Å²) >= 11 is 1.71. The molecule has 0 bridgehead atoms. The Balaban J connectivity index is 1.44. The average Bonchev–Trinajstić information content (AvgIpc) is 3.73. The lowest BCUT2D eigenvalue weighted by Gasteiger charge is -2.20. The van der Waals surface area contributed by atoms with Gasteiger partial charge in [-0.25, -0.2) is 0 Å². The van der Waals surface area contributed by atoms with E-state index in [-0.39, 0.29) is 5.75 Å². The molecule has 2 saturated heterocycles. The number of methoxy groups -OCH3 is 1. The Kier molecular flexibility index (Phi) is 8.01. The third kappa shape index (κ3) is 5.45. The number of rotatable bonds is 9. The number of aromatic hydroxyl groups is 1. The Morgan fingerprint density at radius 3 is 2.33 bits per heavy atom. The lowest BCUT2D eigenvalue weighted by Crippen LogP contribution is -2.25. The molecule has 6 rings (SSSR count). The fourth-order valence-electron chi connectivity index (χ4n) is 6.27. The minimum absolute atomic E-state index is 0.286. The van der Waals surface area contributed by atoms with Crippen LogP contribution >= 0.6 is 11.3 Å². The first kappa shape index (κ1) is 27.1. The molecule has 0 unspecified atom stereocenters. The molecule has 3 aromatic carbocycles. The number of benzene rings is 3. The van der Waals surface area contributed by atoms with E-state index >= 15 is 0 Å². The van der Waals surface area contributed by atoms with Crippen molar-refractivity contribution in [3.63, 3.8) is 0 Å².